The third kappa shape index (κ3) is 5.92. The van der Waals surface area contributed by atoms with Crippen LogP contribution in [0.1, 0.15) is 13.3 Å². The van der Waals surface area contributed by atoms with E-state index in [-0.39, 0.29) is 18.3 Å². The van der Waals surface area contributed by atoms with E-state index in [0.717, 1.165) is 38.2 Å². The van der Waals surface area contributed by atoms with Gasteiger partial charge in [0, 0.05) is 26.2 Å². The molecular weight excluding hydrogens is 325 g/mol. The van der Waals surface area contributed by atoms with Crippen molar-refractivity contribution in [2.24, 2.45) is 0 Å². The minimum Gasteiger partial charge on any atom is -0.484 e. The largest absolute Gasteiger partial charge is 0.573 e. The molecule has 0 aliphatic carbocycles. The molecule has 0 radical (unpaired) electrons. The van der Waals surface area contributed by atoms with Gasteiger partial charge in [-0.25, -0.2) is 0 Å². The average Bonchev–Trinajstić information content (AvgIpc) is 2.53. The summed E-state index contributed by atoms with van der Waals surface area (Å²) < 4.78 is 45.3. The number of carbonyl (C=O) groups excluding carboxylic acids is 1. The Morgan fingerprint density at radius 3 is 2.21 bits per heavy atom. The molecule has 1 aliphatic heterocycles. The molecule has 1 aliphatic rings. The van der Waals surface area contributed by atoms with Crippen molar-refractivity contribution in [1.82, 2.24) is 9.80 Å². The zero-order valence-corrected chi connectivity index (χ0v) is 13.5. The fourth-order valence-corrected chi connectivity index (χ4v) is 2.51. The van der Waals surface area contributed by atoms with Crippen molar-refractivity contribution < 1.29 is 27.4 Å². The van der Waals surface area contributed by atoms with Gasteiger partial charge in [0.05, 0.1) is 0 Å². The van der Waals surface area contributed by atoms with Crippen molar-refractivity contribution in [2.45, 2.75) is 19.7 Å². The lowest BCUT2D eigenvalue weighted by Crippen LogP contribution is -2.50. The number of piperazine rings is 1. The highest BCUT2D eigenvalue weighted by molar-refractivity contribution is 5.77. The maximum atomic E-state index is 12.1. The Morgan fingerprint density at radius 2 is 1.67 bits per heavy atom. The quantitative estimate of drug-likeness (QED) is 0.794. The predicted octanol–water partition coefficient (Wildman–Crippen LogP) is 2.52. The molecule has 0 saturated carbocycles. The molecule has 24 heavy (non-hydrogen) atoms. The van der Waals surface area contributed by atoms with Crippen molar-refractivity contribution in [2.75, 3.05) is 39.3 Å². The molecule has 1 fully saturated rings. The van der Waals surface area contributed by atoms with Gasteiger partial charge in [0.2, 0.25) is 0 Å². The van der Waals surface area contributed by atoms with Crippen LogP contribution in [-0.4, -0.2) is 61.4 Å². The second kappa shape index (κ2) is 8.23. The average molecular weight is 346 g/mol. The molecule has 1 aromatic rings. The van der Waals surface area contributed by atoms with Gasteiger partial charge in [-0.3, -0.25) is 9.69 Å². The predicted molar refractivity (Wildman–Crippen MR) is 81.9 cm³/mol. The van der Waals surface area contributed by atoms with Crippen molar-refractivity contribution >= 4 is 5.91 Å². The summed E-state index contributed by atoms with van der Waals surface area (Å²) in [5.74, 6) is -0.127. The Bertz CT molecular complexity index is 526. The van der Waals surface area contributed by atoms with E-state index >= 15 is 0 Å². The molecular formula is C16H21F3N2O3. The molecule has 1 saturated heterocycles. The van der Waals surface area contributed by atoms with E-state index in [0.29, 0.717) is 18.8 Å². The molecule has 0 aromatic heterocycles. The van der Waals surface area contributed by atoms with Gasteiger partial charge in [-0.15, -0.1) is 13.2 Å². The van der Waals surface area contributed by atoms with Gasteiger partial charge in [0.25, 0.3) is 5.91 Å². The molecule has 0 spiro atoms. The number of benzene rings is 1. The summed E-state index contributed by atoms with van der Waals surface area (Å²) in [6.07, 6.45) is -3.64. The summed E-state index contributed by atoms with van der Waals surface area (Å²) in [6, 6.07) is 4.98. The molecule has 1 aromatic carbocycles. The highest BCUT2D eigenvalue weighted by Gasteiger charge is 2.31. The highest BCUT2D eigenvalue weighted by Crippen LogP contribution is 2.24. The Labute approximate surface area is 138 Å². The number of nitrogens with zero attached hydrogens (tertiary/aromatic N) is 2. The zero-order valence-electron chi connectivity index (χ0n) is 13.5. The number of alkyl halides is 3. The lowest BCUT2D eigenvalue weighted by atomic mass is 10.3. The minimum absolute atomic E-state index is 0.123. The maximum absolute atomic E-state index is 12.1. The van der Waals surface area contributed by atoms with Crippen LogP contribution in [0.25, 0.3) is 0 Å². The van der Waals surface area contributed by atoms with E-state index < -0.39 is 6.36 Å². The van der Waals surface area contributed by atoms with E-state index in [1.165, 1.54) is 12.1 Å². The van der Waals surface area contributed by atoms with E-state index in [1.54, 1.807) is 4.90 Å². The first-order valence-electron chi connectivity index (χ1n) is 7.86. The van der Waals surface area contributed by atoms with E-state index in [1.807, 2.05) is 0 Å². The van der Waals surface area contributed by atoms with E-state index in [4.69, 9.17) is 4.74 Å². The maximum Gasteiger partial charge on any atom is 0.573 e. The summed E-state index contributed by atoms with van der Waals surface area (Å²) in [7, 11) is 0. The van der Waals surface area contributed by atoms with Crippen LogP contribution in [0.3, 0.4) is 0 Å². The first kappa shape index (κ1) is 18.4. The molecule has 134 valence electrons. The van der Waals surface area contributed by atoms with Gasteiger partial charge in [0.15, 0.2) is 6.61 Å². The Balaban J connectivity index is 1.76. The lowest BCUT2D eigenvalue weighted by Gasteiger charge is -2.34. The number of carbonyl (C=O) groups is 1. The van der Waals surface area contributed by atoms with E-state index in [9.17, 15) is 18.0 Å². The number of ether oxygens (including phenoxy) is 2. The van der Waals surface area contributed by atoms with Gasteiger partial charge >= 0.3 is 6.36 Å². The Kier molecular flexibility index (Phi) is 6.30. The second-order valence-corrected chi connectivity index (χ2v) is 5.53. The van der Waals surface area contributed by atoms with Crippen molar-refractivity contribution in [1.29, 1.82) is 0 Å². The van der Waals surface area contributed by atoms with Crippen LogP contribution in [0.15, 0.2) is 24.3 Å². The van der Waals surface area contributed by atoms with Gasteiger partial charge in [-0.05, 0) is 37.2 Å². The summed E-state index contributed by atoms with van der Waals surface area (Å²) in [5.41, 5.74) is 0. The normalized spacial score (nSPS) is 16.1. The zero-order chi connectivity index (χ0) is 17.6. The topological polar surface area (TPSA) is 42.0 Å². The van der Waals surface area contributed by atoms with Gasteiger partial charge < -0.3 is 14.4 Å². The van der Waals surface area contributed by atoms with Crippen LogP contribution < -0.4 is 9.47 Å². The Hall–Kier alpha value is -1.96. The third-order valence-corrected chi connectivity index (χ3v) is 3.68. The van der Waals surface area contributed by atoms with Crippen molar-refractivity contribution in [3.63, 3.8) is 0 Å². The number of rotatable bonds is 6. The van der Waals surface area contributed by atoms with Crippen LogP contribution in [0.5, 0.6) is 11.5 Å². The van der Waals surface area contributed by atoms with Crippen LogP contribution >= 0.6 is 0 Å². The highest BCUT2D eigenvalue weighted by atomic mass is 19.4. The second-order valence-electron chi connectivity index (χ2n) is 5.53. The fraction of sp³-hybridized carbons (Fsp3) is 0.562. The molecule has 0 N–H and O–H groups in total. The van der Waals surface area contributed by atoms with Crippen LogP contribution in [0, 0.1) is 0 Å². The van der Waals surface area contributed by atoms with Crippen LogP contribution in [0.4, 0.5) is 13.2 Å². The summed E-state index contributed by atoms with van der Waals surface area (Å²) in [5, 5.41) is 0. The molecule has 0 bridgehead atoms. The molecule has 1 amide bonds. The minimum atomic E-state index is -4.72. The first-order chi connectivity index (χ1) is 11.4. The number of hydrogen-bond donors (Lipinski definition) is 0. The SMILES string of the molecule is CCCN1CCN(C(=O)COc2ccc(OC(F)(F)F)cc2)CC1. The van der Waals surface area contributed by atoms with Gasteiger partial charge in [-0.2, -0.15) is 0 Å². The number of halogens is 3. The van der Waals surface area contributed by atoms with Crippen molar-refractivity contribution in [3.8, 4) is 11.5 Å². The summed E-state index contributed by atoms with van der Waals surface area (Å²) in [6.45, 7) is 6.06. The fourth-order valence-electron chi connectivity index (χ4n) is 2.51. The van der Waals surface area contributed by atoms with Gasteiger partial charge in [0.1, 0.15) is 11.5 Å². The molecule has 0 unspecified atom stereocenters. The molecule has 1 heterocycles. The Morgan fingerprint density at radius 1 is 1.08 bits per heavy atom. The molecule has 5 nitrogen and oxygen atoms in total. The number of amides is 1. The molecule has 0 atom stereocenters. The van der Waals surface area contributed by atoms with Gasteiger partial charge in [-0.1, -0.05) is 6.92 Å². The lowest BCUT2D eigenvalue weighted by molar-refractivity contribution is -0.274. The molecule has 8 heteroatoms. The first-order valence-corrected chi connectivity index (χ1v) is 7.86. The van der Waals surface area contributed by atoms with E-state index in [2.05, 4.69) is 16.6 Å². The third-order valence-electron chi connectivity index (χ3n) is 3.68. The standard InChI is InChI=1S/C16H21F3N2O3/c1-2-7-20-8-10-21(11-9-20)15(22)12-23-13-3-5-14(6-4-13)24-16(17,18)19/h3-6H,2,7-12H2,1H3. The monoisotopic (exact) mass is 346 g/mol. The van der Waals surface area contributed by atoms with Crippen molar-refractivity contribution in [3.05, 3.63) is 24.3 Å². The smallest absolute Gasteiger partial charge is 0.484 e. The van der Waals surface area contributed by atoms with Crippen LogP contribution in [-0.2, 0) is 4.79 Å². The summed E-state index contributed by atoms with van der Waals surface area (Å²) in [4.78, 5) is 16.2. The van der Waals surface area contributed by atoms with Crippen LogP contribution in [0.2, 0.25) is 0 Å². The number of hydrogen-bond acceptors (Lipinski definition) is 4. The summed E-state index contributed by atoms with van der Waals surface area (Å²) >= 11 is 0. The molecule has 2 rings (SSSR count).